The van der Waals surface area contributed by atoms with Crippen LogP contribution in [0.1, 0.15) is 21.7 Å². The predicted molar refractivity (Wildman–Crippen MR) is 87.7 cm³/mol. The van der Waals surface area contributed by atoms with Crippen molar-refractivity contribution in [3.8, 4) is 0 Å². The number of hydrogen-bond donors (Lipinski definition) is 1. The van der Waals surface area contributed by atoms with Crippen molar-refractivity contribution in [2.24, 2.45) is 0 Å². The summed E-state index contributed by atoms with van der Waals surface area (Å²) in [7, 11) is 0. The Kier molecular flexibility index (Phi) is 3.74. The molecule has 0 atom stereocenters. The van der Waals surface area contributed by atoms with E-state index < -0.39 is 11.7 Å². The number of benzene rings is 2. The number of amides is 1. The molecule has 0 unspecified atom stereocenters. The van der Waals surface area contributed by atoms with Crippen LogP contribution in [0, 0.1) is 19.7 Å². The van der Waals surface area contributed by atoms with E-state index in [9.17, 15) is 9.18 Å². The number of fused-ring (bicyclic) bond motifs is 1. The van der Waals surface area contributed by atoms with Gasteiger partial charge in [0.2, 0.25) is 0 Å². The van der Waals surface area contributed by atoms with Crippen LogP contribution in [0.25, 0.3) is 11.0 Å². The average Bonchev–Trinajstić information content (AvgIpc) is 2.81. The molecule has 0 spiro atoms. The number of carbonyl (C=O) groups is 1. The van der Waals surface area contributed by atoms with Crippen LogP contribution in [0.4, 0.5) is 10.1 Å². The number of carbonyl (C=O) groups excluding carboxylic acids is 1. The number of aryl methyl sites for hydroxylation is 2. The normalized spacial score (nSPS) is 10.9. The summed E-state index contributed by atoms with van der Waals surface area (Å²) in [6.45, 7) is 3.70. The van der Waals surface area contributed by atoms with Gasteiger partial charge in [0.05, 0.1) is 5.69 Å². The number of anilines is 1. The van der Waals surface area contributed by atoms with Crippen molar-refractivity contribution >= 4 is 38.5 Å². The number of rotatable bonds is 2. The first-order valence-electron chi connectivity index (χ1n) is 6.72. The molecule has 1 aromatic heterocycles. The Labute approximate surface area is 135 Å². The van der Waals surface area contributed by atoms with E-state index in [2.05, 4.69) is 21.2 Å². The summed E-state index contributed by atoms with van der Waals surface area (Å²) < 4.78 is 19.9. The lowest BCUT2D eigenvalue weighted by Crippen LogP contribution is -2.12. The van der Waals surface area contributed by atoms with E-state index in [-0.39, 0.29) is 11.3 Å². The molecule has 0 saturated carbocycles. The van der Waals surface area contributed by atoms with Gasteiger partial charge in [0.25, 0.3) is 5.91 Å². The maximum Gasteiger partial charge on any atom is 0.291 e. The van der Waals surface area contributed by atoms with Gasteiger partial charge in [-0.25, -0.2) is 4.39 Å². The number of furan rings is 1. The highest BCUT2D eigenvalue weighted by Gasteiger charge is 2.20. The first-order chi connectivity index (χ1) is 10.5. The fourth-order valence-corrected chi connectivity index (χ4v) is 2.92. The third-order valence-electron chi connectivity index (χ3n) is 3.49. The quantitative estimate of drug-likeness (QED) is 0.681. The molecular formula is C17H13BrFNO2. The van der Waals surface area contributed by atoms with Gasteiger partial charge in [0.1, 0.15) is 0 Å². The van der Waals surface area contributed by atoms with Gasteiger partial charge in [-0.1, -0.05) is 18.2 Å². The molecule has 2 aromatic carbocycles. The second kappa shape index (κ2) is 5.57. The van der Waals surface area contributed by atoms with Crippen LogP contribution in [0.15, 0.2) is 45.3 Å². The summed E-state index contributed by atoms with van der Waals surface area (Å²) in [6.07, 6.45) is 0. The van der Waals surface area contributed by atoms with Crippen molar-refractivity contribution in [2.75, 3.05) is 5.32 Å². The molecule has 1 N–H and O–H groups in total. The van der Waals surface area contributed by atoms with Crippen molar-refractivity contribution in [3.63, 3.8) is 0 Å². The zero-order valence-corrected chi connectivity index (χ0v) is 13.6. The van der Waals surface area contributed by atoms with Crippen molar-refractivity contribution in [1.29, 1.82) is 0 Å². The lowest BCUT2D eigenvalue weighted by molar-refractivity contribution is 0.0997. The fraction of sp³-hybridized carbons (Fsp3) is 0.118. The molecule has 1 heterocycles. The molecule has 3 aromatic rings. The van der Waals surface area contributed by atoms with E-state index in [1.165, 1.54) is 6.07 Å². The first kappa shape index (κ1) is 14.8. The van der Waals surface area contributed by atoms with Crippen molar-refractivity contribution < 1.29 is 13.6 Å². The van der Waals surface area contributed by atoms with Crippen LogP contribution in [-0.2, 0) is 0 Å². The van der Waals surface area contributed by atoms with Crippen LogP contribution in [0.5, 0.6) is 0 Å². The Morgan fingerprint density at radius 1 is 1.23 bits per heavy atom. The zero-order chi connectivity index (χ0) is 15.9. The van der Waals surface area contributed by atoms with Gasteiger partial charge >= 0.3 is 0 Å². The van der Waals surface area contributed by atoms with Crippen molar-refractivity contribution in [3.05, 3.63) is 63.6 Å². The molecule has 112 valence electrons. The Morgan fingerprint density at radius 2 is 2.00 bits per heavy atom. The van der Waals surface area contributed by atoms with Crippen LogP contribution < -0.4 is 5.32 Å². The highest BCUT2D eigenvalue weighted by molar-refractivity contribution is 9.10. The van der Waals surface area contributed by atoms with E-state index >= 15 is 0 Å². The van der Waals surface area contributed by atoms with E-state index in [4.69, 9.17) is 4.42 Å². The topological polar surface area (TPSA) is 42.2 Å². The molecule has 0 radical (unpaired) electrons. The molecule has 0 saturated heterocycles. The summed E-state index contributed by atoms with van der Waals surface area (Å²) in [6, 6.07) is 10.2. The minimum Gasteiger partial charge on any atom is -0.448 e. The van der Waals surface area contributed by atoms with Gasteiger partial charge in [-0.15, -0.1) is 0 Å². The highest BCUT2D eigenvalue weighted by atomic mass is 79.9. The van der Waals surface area contributed by atoms with Crippen LogP contribution in [-0.4, -0.2) is 5.91 Å². The Bertz CT molecular complexity index is 886. The van der Waals surface area contributed by atoms with E-state index in [0.717, 1.165) is 10.0 Å². The SMILES string of the molecule is Cc1ccc(NC(=O)c2oc3c(F)cccc3c2C)c(Br)c1. The van der Waals surface area contributed by atoms with Gasteiger partial charge in [0, 0.05) is 15.4 Å². The molecule has 0 aliphatic carbocycles. The van der Waals surface area contributed by atoms with E-state index in [1.54, 1.807) is 25.1 Å². The number of para-hydroxylation sites is 1. The second-order valence-electron chi connectivity index (χ2n) is 5.11. The zero-order valence-electron chi connectivity index (χ0n) is 12.0. The third kappa shape index (κ3) is 2.52. The summed E-state index contributed by atoms with van der Waals surface area (Å²) >= 11 is 3.41. The summed E-state index contributed by atoms with van der Waals surface area (Å²) in [5.74, 6) is -0.763. The molecule has 0 bridgehead atoms. The average molecular weight is 362 g/mol. The predicted octanol–water partition coefficient (Wildman–Crippen LogP) is 5.20. The van der Waals surface area contributed by atoms with E-state index in [0.29, 0.717) is 16.6 Å². The number of hydrogen-bond acceptors (Lipinski definition) is 2. The third-order valence-corrected chi connectivity index (χ3v) is 4.15. The Hall–Kier alpha value is -2.14. The smallest absolute Gasteiger partial charge is 0.291 e. The Morgan fingerprint density at radius 3 is 2.68 bits per heavy atom. The maximum atomic E-state index is 13.7. The molecule has 3 nitrogen and oxygen atoms in total. The van der Waals surface area contributed by atoms with Gasteiger partial charge in [-0.3, -0.25) is 4.79 Å². The van der Waals surface area contributed by atoms with Crippen LogP contribution in [0.3, 0.4) is 0 Å². The summed E-state index contributed by atoms with van der Waals surface area (Å²) in [5, 5.41) is 3.38. The van der Waals surface area contributed by atoms with Gasteiger partial charge in [-0.05, 0) is 53.5 Å². The standard InChI is InChI=1S/C17H13BrFNO2/c1-9-6-7-14(12(18)8-9)20-17(21)15-10(2)11-4-3-5-13(19)16(11)22-15/h3-8H,1-2H3,(H,20,21). The van der Waals surface area contributed by atoms with Crippen LogP contribution in [0.2, 0.25) is 0 Å². The lowest BCUT2D eigenvalue weighted by atomic mass is 10.1. The number of halogens is 2. The molecule has 0 fully saturated rings. The monoisotopic (exact) mass is 361 g/mol. The van der Waals surface area contributed by atoms with Gasteiger partial charge in [-0.2, -0.15) is 0 Å². The molecule has 22 heavy (non-hydrogen) atoms. The van der Waals surface area contributed by atoms with E-state index in [1.807, 2.05) is 19.1 Å². The summed E-state index contributed by atoms with van der Waals surface area (Å²) in [4.78, 5) is 12.4. The second-order valence-corrected chi connectivity index (χ2v) is 5.96. The van der Waals surface area contributed by atoms with Gasteiger partial charge < -0.3 is 9.73 Å². The maximum absolute atomic E-state index is 13.7. The number of nitrogens with one attached hydrogen (secondary N) is 1. The summed E-state index contributed by atoms with van der Waals surface area (Å²) in [5.41, 5.74) is 2.44. The molecule has 0 aliphatic heterocycles. The minimum atomic E-state index is -0.476. The van der Waals surface area contributed by atoms with Crippen molar-refractivity contribution in [1.82, 2.24) is 0 Å². The fourth-order valence-electron chi connectivity index (χ4n) is 2.33. The highest BCUT2D eigenvalue weighted by Crippen LogP contribution is 2.29. The molecule has 3 rings (SSSR count). The van der Waals surface area contributed by atoms with Gasteiger partial charge in [0.15, 0.2) is 17.2 Å². The molecular weight excluding hydrogens is 349 g/mol. The Balaban J connectivity index is 1.99. The van der Waals surface area contributed by atoms with Crippen molar-refractivity contribution in [2.45, 2.75) is 13.8 Å². The lowest BCUT2D eigenvalue weighted by Gasteiger charge is -2.07. The molecule has 0 aliphatic rings. The largest absolute Gasteiger partial charge is 0.448 e. The first-order valence-corrected chi connectivity index (χ1v) is 7.52. The molecule has 1 amide bonds. The molecule has 5 heteroatoms. The minimum absolute atomic E-state index is 0.105. The van der Waals surface area contributed by atoms with Crippen LogP contribution >= 0.6 is 15.9 Å².